The van der Waals surface area contributed by atoms with Gasteiger partial charge in [-0.15, -0.1) is 0 Å². The maximum atomic E-state index is 7.39. The van der Waals surface area contributed by atoms with Gasteiger partial charge < -0.3 is 0 Å². The van der Waals surface area contributed by atoms with Crippen molar-refractivity contribution in [2.75, 3.05) is 0 Å². The molecule has 0 amide bonds. The Labute approximate surface area is 32.7 Å². The fourth-order valence-electron chi connectivity index (χ4n) is 0.0358. The third-order valence-electron chi connectivity index (χ3n) is 0.120. The summed E-state index contributed by atoms with van der Waals surface area (Å²) in [5.41, 5.74) is 0. The van der Waals surface area contributed by atoms with Gasteiger partial charge in [-0.2, -0.15) is 0 Å². The summed E-state index contributed by atoms with van der Waals surface area (Å²) >= 11 is 0. The number of nitrogens with zero attached hydrogens (tertiary/aromatic N) is 6. The van der Waals surface area contributed by atoms with Crippen LogP contribution in [0.5, 0.6) is 0 Å². The van der Waals surface area contributed by atoms with Crippen LogP contribution in [-0.2, 0) is 0 Å². The Morgan fingerprint density at radius 2 is 1.33 bits per heavy atom. The average Bonchev–Trinajstić information content (AvgIpc) is 1.61. The van der Waals surface area contributed by atoms with Gasteiger partial charge in [0.2, 0.25) is 0 Å². The molecule has 0 saturated carbocycles. The number of rotatable bonds is 0. The van der Waals surface area contributed by atoms with Crippen LogP contribution < -0.4 is 0 Å². The standard InChI is InChI=1S/N6/c1-3-5-6-4-2/q+2. The summed E-state index contributed by atoms with van der Waals surface area (Å²) < 4.78 is 0. The molecule has 0 N–H and O–H groups in total. The summed E-state index contributed by atoms with van der Waals surface area (Å²) in [7, 11) is 0. The summed E-state index contributed by atoms with van der Waals surface area (Å²) in [6.07, 6.45) is 0. The summed E-state index contributed by atoms with van der Waals surface area (Å²) in [6, 6.07) is 0. The van der Waals surface area contributed by atoms with E-state index in [1.807, 2.05) is 0 Å². The minimum absolute atomic E-state index is 2.13. The first-order chi connectivity index (χ1) is 2.91. The minimum atomic E-state index is 2.13. The first kappa shape index (κ1) is 4.44. The van der Waals surface area contributed by atoms with Gasteiger partial charge >= 0.3 is 10.4 Å². The van der Waals surface area contributed by atoms with Gasteiger partial charge in [0, 0.05) is 0 Å². The maximum Gasteiger partial charge on any atom is 0.558 e. The smallest absolute Gasteiger partial charge is 0.149 e. The molecule has 6 nitrogen and oxygen atoms in total. The third kappa shape index (κ3) is 2.44. The highest BCUT2D eigenvalue weighted by atomic mass is 15.5. The van der Waals surface area contributed by atoms with E-state index in [0.717, 1.165) is 0 Å². The summed E-state index contributed by atoms with van der Waals surface area (Å²) in [5.74, 6) is 0. The molecule has 0 rings (SSSR count). The van der Waals surface area contributed by atoms with E-state index in [-0.39, 0.29) is 0 Å². The molecule has 0 fully saturated rings. The van der Waals surface area contributed by atoms with E-state index in [9.17, 15) is 0 Å². The maximum absolute atomic E-state index is 7.39. The lowest BCUT2D eigenvalue weighted by atomic mass is 12.5. The molecule has 0 heterocycles. The molecule has 0 aliphatic rings. The van der Waals surface area contributed by atoms with Gasteiger partial charge in [0.1, 0.15) is 10.8 Å². The van der Waals surface area contributed by atoms with E-state index < -0.39 is 0 Å². The van der Waals surface area contributed by atoms with Crippen molar-refractivity contribution in [3.05, 3.63) is 10.2 Å². The van der Waals surface area contributed by atoms with Crippen LogP contribution in [0.2, 0.25) is 0 Å². The fourth-order valence-corrected chi connectivity index (χ4v) is 0.0358. The number of hydrogen-bond acceptors (Lipinski definition) is 4. The SMILES string of the molecule is N#[N+]N=N[N+]#N. The monoisotopic (exact) mass is 84.0 g/mol. The summed E-state index contributed by atoms with van der Waals surface area (Å²) in [4.78, 5) is 0. The van der Waals surface area contributed by atoms with Crippen molar-refractivity contribution in [3.8, 4) is 0 Å². The molecule has 0 radical (unpaired) electrons. The normalized spacial score (nSPS) is 7.00. The van der Waals surface area contributed by atoms with Gasteiger partial charge in [-0.3, -0.25) is 0 Å². The Hall–Kier alpha value is -1.56. The molecule has 0 bridgehead atoms. The van der Waals surface area contributed by atoms with Crippen LogP contribution in [0.1, 0.15) is 0 Å². The number of diazo groups is 2. The predicted octanol–water partition coefficient (Wildman–Crippen LogP) is 0.975. The quantitative estimate of drug-likeness (QED) is 0.249. The Kier molecular flexibility index (Phi) is 2.55. The Balaban J connectivity index is 3.36. The van der Waals surface area contributed by atoms with Crippen molar-refractivity contribution in [2.24, 2.45) is 10.4 Å². The fraction of sp³-hybridized carbons (Fsp3) is 0. The van der Waals surface area contributed by atoms with Gasteiger partial charge in [0.15, 0.2) is 0 Å². The van der Waals surface area contributed by atoms with Crippen LogP contribution in [0, 0.1) is 10.8 Å². The zero-order chi connectivity index (χ0) is 4.83. The van der Waals surface area contributed by atoms with Crippen molar-refractivity contribution < 1.29 is 0 Å². The number of hydrogen-bond donors (Lipinski definition) is 0. The molecule has 0 aliphatic heterocycles. The lowest BCUT2D eigenvalue weighted by Gasteiger charge is -1.07. The van der Waals surface area contributed by atoms with E-state index in [0.29, 0.717) is 0 Å². The van der Waals surface area contributed by atoms with E-state index >= 15 is 0 Å². The Bertz CT molecular complexity index is 100.0. The second-order valence-corrected chi connectivity index (χ2v) is 0.358. The van der Waals surface area contributed by atoms with Crippen LogP contribution >= 0.6 is 0 Å². The molecule has 0 saturated heterocycles. The molecule has 0 aromatic carbocycles. The largest absolute Gasteiger partial charge is 0.558 e. The molecule has 0 aromatic rings. The summed E-state index contributed by atoms with van der Waals surface area (Å²) in [5, 5.41) is 24.0. The van der Waals surface area contributed by atoms with E-state index in [4.69, 9.17) is 10.8 Å². The van der Waals surface area contributed by atoms with Crippen LogP contribution in [0.25, 0.3) is 10.2 Å². The second kappa shape index (κ2) is 3.44. The first-order valence-corrected chi connectivity index (χ1v) is 1.000. The highest BCUT2D eigenvalue weighted by Crippen LogP contribution is 1.71. The lowest BCUT2D eigenvalue weighted by molar-refractivity contribution is 1.13. The predicted molar refractivity (Wildman–Crippen MR) is 15.0 cm³/mol. The van der Waals surface area contributed by atoms with E-state index in [1.165, 1.54) is 0 Å². The molecular formula is N6+2. The zero-order valence-corrected chi connectivity index (χ0v) is 2.68. The minimum Gasteiger partial charge on any atom is 0.149 e. The molecule has 0 unspecified atom stereocenters. The molecule has 0 spiro atoms. The molecular weight excluding hydrogens is 84.0 g/mol. The highest BCUT2D eigenvalue weighted by molar-refractivity contribution is 4.33. The molecule has 0 aliphatic carbocycles. The Morgan fingerprint density at radius 3 is 1.50 bits per heavy atom. The molecule has 28 valence electrons. The van der Waals surface area contributed by atoms with Crippen molar-refractivity contribution in [1.82, 2.24) is 0 Å². The lowest BCUT2D eigenvalue weighted by Crippen LogP contribution is -1.28. The van der Waals surface area contributed by atoms with Crippen molar-refractivity contribution in [3.63, 3.8) is 0 Å². The molecule has 6 heavy (non-hydrogen) atoms. The second-order valence-electron chi connectivity index (χ2n) is 0.358. The van der Waals surface area contributed by atoms with Crippen LogP contribution in [0.3, 0.4) is 0 Å². The van der Waals surface area contributed by atoms with Crippen LogP contribution in [0.4, 0.5) is 0 Å². The van der Waals surface area contributed by atoms with Crippen LogP contribution in [0.15, 0.2) is 10.4 Å². The average molecular weight is 84.0 g/mol. The third-order valence-corrected chi connectivity index (χ3v) is 0.120. The molecule has 0 aromatic heterocycles. The van der Waals surface area contributed by atoms with Crippen LogP contribution in [-0.4, -0.2) is 0 Å². The topological polar surface area (TPSA) is 81.0 Å². The van der Waals surface area contributed by atoms with Gasteiger partial charge in [0.05, 0.1) is 0 Å². The van der Waals surface area contributed by atoms with Crippen molar-refractivity contribution in [1.29, 1.82) is 10.8 Å². The van der Waals surface area contributed by atoms with Gasteiger partial charge in [-0.25, -0.2) is 0 Å². The van der Waals surface area contributed by atoms with E-state index in [1.54, 1.807) is 0 Å². The van der Waals surface area contributed by atoms with E-state index in [2.05, 4.69) is 20.6 Å². The highest BCUT2D eigenvalue weighted by Gasteiger charge is 1.95. The zero-order valence-electron chi connectivity index (χ0n) is 2.68. The molecule has 6 heteroatoms. The Morgan fingerprint density at radius 1 is 1.00 bits per heavy atom. The van der Waals surface area contributed by atoms with Gasteiger partial charge in [-0.1, -0.05) is 0 Å². The first-order valence-electron chi connectivity index (χ1n) is 1.000. The summed E-state index contributed by atoms with van der Waals surface area (Å²) in [6.45, 7) is 0. The van der Waals surface area contributed by atoms with Crippen molar-refractivity contribution >= 4 is 0 Å². The van der Waals surface area contributed by atoms with Crippen molar-refractivity contribution in [2.45, 2.75) is 0 Å². The van der Waals surface area contributed by atoms with Gasteiger partial charge in [0.25, 0.3) is 10.2 Å². The molecule has 0 atom stereocenters. The van der Waals surface area contributed by atoms with Gasteiger partial charge in [-0.05, 0) is 0 Å².